The number of hydrogen-bond donors (Lipinski definition) is 4. The van der Waals surface area contributed by atoms with Gasteiger partial charge in [0.15, 0.2) is 0 Å². The van der Waals surface area contributed by atoms with Gasteiger partial charge in [-0.1, -0.05) is 36.4 Å². The molecule has 0 heterocycles. The monoisotopic (exact) mass is 558 g/mol. The van der Waals surface area contributed by atoms with Crippen molar-refractivity contribution in [3.05, 3.63) is 72.8 Å². The zero-order valence-corrected chi connectivity index (χ0v) is 21.0. The average molecular weight is 559 g/mol. The number of nitrogens with two attached hydrogens (primary N) is 1. The van der Waals surface area contributed by atoms with Crippen molar-refractivity contribution in [2.75, 3.05) is 6.54 Å². The number of sulfonamides is 1. The molecule has 0 saturated carbocycles. The highest BCUT2D eigenvalue weighted by Crippen LogP contribution is 2.35. The Balaban J connectivity index is 2.26. The van der Waals surface area contributed by atoms with Crippen molar-refractivity contribution in [3.8, 4) is 0 Å². The van der Waals surface area contributed by atoms with Gasteiger partial charge in [0.2, 0.25) is 5.91 Å². The third-order valence-electron chi connectivity index (χ3n) is 4.57. The molecule has 11 nitrogen and oxygen atoms in total. The highest BCUT2D eigenvalue weighted by Gasteiger charge is 2.24. The number of benzene rings is 3. The molecule has 0 radical (unpaired) electrons. The van der Waals surface area contributed by atoms with Crippen molar-refractivity contribution in [1.82, 2.24) is 4.72 Å². The molecule has 0 unspecified atom stereocenters. The molecule has 186 valence electrons. The van der Waals surface area contributed by atoms with Gasteiger partial charge in [0.1, 0.15) is 0 Å². The van der Waals surface area contributed by atoms with Gasteiger partial charge in [-0.15, -0.1) is 0 Å². The Labute approximate surface area is 203 Å². The van der Waals surface area contributed by atoms with Crippen LogP contribution in [0.5, 0.6) is 0 Å². The lowest BCUT2D eigenvalue weighted by Crippen LogP contribution is -2.35. The van der Waals surface area contributed by atoms with E-state index < -0.39 is 60.4 Å². The second-order valence-electron chi connectivity index (χ2n) is 7.01. The van der Waals surface area contributed by atoms with Crippen LogP contribution in [-0.4, -0.2) is 46.8 Å². The highest BCUT2D eigenvalue weighted by atomic mass is 32.2. The van der Waals surface area contributed by atoms with Crippen molar-refractivity contribution in [3.63, 3.8) is 0 Å². The van der Waals surface area contributed by atoms with Crippen LogP contribution < -0.4 is 26.4 Å². The minimum absolute atomic E-state index is 0.291. The fraction of sp³-hybridized carbons (Fsp3) is 0.0500. The van der Waals surface area contributed by atoms with Crippen molar-refractivity contribution < 1.29 is 39.2 Å². The fourth-order valence-electron chi connectivity index (χ4n) is 3.05. The third kappa shape index (κ3) is 6.49. The molecular formula is C20H19N2O9PS3. The summed E-state index contributed by atoms with van der Waals surface area (Å²) in [7, 11) is -15.3. The molecule has 1 amide bonds. The maximum atomic E-state index is 12.6. The predicted octanol–water partition coefficient (Wildman–Crippen LogP) is -0.298. The molecule has 0 aromatic heterocycles. The number of carbonyl (C=O) groups excluding carboxylic acids is 1. The first-order chi connectivity index (χ1) is 16.2. The van der Waals surface area contributed by atoms with Crippen molar-refractivity contribution in [2.24, 2.45) is 5.73 Å². The molecule has 3 aromatic carbocycles. The Morgan fingerprint density at radius 3 is 1.46 bits per heavy atom. The number of amides is 1. The molecule has 0 atom stereocenters. The van der Waals surface area contributed by atoms with E-state index in [1.165, 1.54) is 60.7 Å². The van der Waals surface area contributed by atoms with Gasteiger partial charge in [-0.2, -0.15) is 16.8 Å². The van der Waals surface area contributed by atoms with Crippen molar-refractivity contribution in [2.45, 2.75) is 14.7 Å². The molecule has 15 heteroatoms. The number of rotatable bonds is 8. The molecule has 5 N–H and O–H groups in total. The van der Waals surface area contributed by atoms with Crippen LogP contribution in [0.4, 0.5) is 0 Å². The molecule has 0 aliphatic rings. The summed E-state index contributed by atoms with van der Waals surface area (Å²) in [6.07, 6.45) is 0. The molecule has 35 heavy (non-hydrogen) atoms. The van der Waals surface area contributed by atoms with Crippen LogP contribution in [0, 0.1) is 0 Å². The minimum Gasteiger partial charge on any atom is -0.322 e. The summed E-state index contributed by atoms with van der Waals surface area (Å²) in [5.74, 6) is -0.931. The molecule has 0 bridgehead atoms. The zero-order valence-electron chi connectivity index (χ0n) is 17.6. The van der Waals surface area contributed by atoms with E-state index in [9.17, 15) is 39.2 Å². The normalized spacial score (nSPS) is 12.5. The zero-order chi connectivity index (χ0) is 26.0. The van der Waals surface area contributed by atoms with Crippen LogP contribution in [0.15, 0.2) is 87.5 Å². The molecule has 3 rings (SSSR count). The first-order valence-corrected chi connectivity index (χ1v) is 15.2. The fourth-order valence-corrected chi connectivity index (χ4v) is 7.81. The summed E-state index contributed by atoms with van der Waals surface area (Å²) in [5.41, 5.74) is 5.17. The lowest BCUT2D eigenvalue weighted by molar-refractivity contribution is -0.118. The number of hydrogen-bond acceptors (Lipinski definition) is 8. The second-order valence-corrected chi connectivity index (χ2v) is 13.8. The van der Waals surface area contributed by atoms with Gasteiger partial charge in [-0.25, -0.2) is 13.1 Å². The van der Waals surface area contributed by atoms with Gasteiger partial charge in [-0.05, 0) is 60.2 Å². The highest BCUT2D eigenvalue weighted by molar-refractivity contribution is 7.90. The number of nitrogens with one attached hydrogen (secondary N) is 1. The van der Waals surface area contributed by atoms with Crippen LogP contribution in [0.1, 0.15) is 0 Å². The SMILES string of the molecule is NCC(=O)NS(=O)(=O)c1cccc(P(c2cccc(S(=O)(=O)O)c2)c2cccc(S(=O)(=O)O)c2)c1. The molecule has 0 spiro atoms. The minimum atomic E-state index is -4.58. The Bertz CT molecular complexity index is 1530. The van der Waals surface area contributed by atoms with E-state index in [1.54, 1.807) is 0 Å². The van der Waals surface area contributed by atoms with Crippen molar-refractivity contribution in [1.29, 1.82) is 0 Å². The quantitative estimate of drug-likeness (QED) is 0.210. The summed E-state index contributed by atoms with van der Waals surface area (Å²) < 4.78 is 92.8. The van der Waals surface area contributed by atoms with Gasteiger partial charge in [0, 0.05) is 0 Å². The largest absolute Gasteiger partial charge is 0.322 e. The van der Waals surface area contributed by atoms with E-state index >= 15 is 0 Å². The Kier molecular flexibility index (Phi) is 7.77. The van der Waals surface area contributed by atoms with E-state index in [2.05, 4.69) is 0 Å². The Hall–Kier alpha value is -2.71. The standard InChI is InChI=1S/C20H19N2O9PS3/c21-13-20(23)22-33(24,25)17-7-1-4-14(10-17)32(15-5-2-8-18(11-15)34(26,27)28)16-6-3-9-19(12-16)35(29,30)31/h1-12H,13,21H2,(H,22,23)(H,26,27,28)(H,29,30,31). The van der Waals surface area contributed by atoms with E-state index in [4.69, 9.17) is 5.73 Å². The summed E-state index contributed by atoms with van der Waals surface area (Å²) in [6, 6.07) is 15.9. The lowest BCUT2D eigenvalue weighted by Gasteiger charge is -2.21. The topological polar surface area (TPSA) is 198 Å². The smallest absolute Gasteiger partial charge is 0.294 e. The van der Waals surface area contributed by atoms with E-state index in [-0.39, 0.29) is 4.90 Å². The van der Waals surface area contributed by atoms with Crippen LogP contribution in [-0.2, 0) is 35.1 Å². The van der Waals surface area contributed by atoms with Gasteiger partial charge in [0.25, 0.3) is 30.3 Å². The van der Waals surface area contributed by atoms with E-state index in [0.29, 0.717) is 15.9 Å². The molecule has 3 aromatic rings. The third-order valence-corrected chi connectivity index (χ3v) is 10.0. The van der Waals surface area contributed by atoms with Gasteiger partial charge >= 0.3 is 0 Å². The summed E-state index contributed by atoms with van der Waals surface area (Å²) in [5, 5.41) is 0.981. The van der Waals surface area contributed by atoms with E-state index in [0.717, 1.165) is 12.1 Å². The summed E-state index contributed by atoms with van der Waals surface area (Å²) >= 11 is 0. The average Bonchev–Trinajstić information content (AvgIpc) is 2.78. The summed E-state index contributed by atoms with van der Waals surface area (Å²) in [6.45, 7) is -0.559. The second kappa shape index (κ2) is 10.1. The number of carbonyl (C=O) groups is 1. The van der Waals surface area contributed by atoms with Crippen LogP contribution in [0.2, 0.25) is 0 Å². The van der Waals surface area contributed by atoms with Gasteiger partial charge < -0.3 is 5.73 Å². The lowest BCUT2D eigenvalue weighted by atomic mass is 10.3. The van der Waals surface area contributed by atoms with Crippen LogP contribution >= 0.6 is 7.92 Å². The molecule has 0 aliphatic heterocycles. The van der Waals surface area contributed by atoms with Crippen LogP contribution in [0.25, 0.3) is 0 Å². The first kappa shape index (κ1) is 26.9. The molecule has 0 fully saturated rings. The maximum absolute atomic E-state index is 12.6. The molecule has 0 saturated heterocycles. The first-order valence-electron chi connectivity index (χ1n) is 9.53. The van der Waals surface area contributed by atoms with Gasteiger partial charge in [0.05, 0.1) is 21.2 Å². The molecule has 0 aliphatic carbocycles. The van der Waals surface area contributed by atoms with Gasteiger partial charge in [-0.3, -0.25) is 13.9 Å². The van der Waals surface area contributed by atoms with E-state index in [1.807, 2.05) is 4.72 Å². The predicted molar refractivity (Wildman–Crippen MR) is 129 cm³/mol. The Morgan fingerprint density at radius 2 is 1.09 bits per heavy atom. The maximum Gasteiger partial charge on any atom is 0.294 e. The van der Waals surface area contributed by atoms with Crippen LogP contribution in [0.3, 0.4) is 0 Å². The van der Waals surface area contributed by atoms with Crippen molar-refractivity contribution >= 4 is 60.0 Å². The molecular weight excluding hydrogens is 539 g/mol. The Morgan fingerprint density at radius 1 is 0.714 bits per heavy atom. The summed E-state index contributed by atoms with van der Waals surface area (Å²) in [4.78, 5) is 10.4.